The summed E-state index contributed by atoms with van der Waals surface area (Å²) in [6.45, 7) is 9.65. The first-order chi connectivity index (χ1) is 5.37. The van der Waals surface area contributed by atoms with Gasteiger partial charge in [0.25, 0.3) is 0 Å². The van der Waals surface area contributed by atoms with Gasteiger partial charge in [0.1, 0.15) is 0 Å². The summed E-state index contributed by atoms with van der Waals surface area (Å²) in [7, 11) is -1.39. The van der Waals surface area contributed by atoms with Crippen molar-refractivity contribution in [2.75, 3.05) is 6.54 Å². The van der Waals surface area contributed by atoms with Crippen molar-refractivity contribution in [2.24, 2.45) is 11.7 Å². The fourth-order valence-electron chi connectivity index (χ4n) is 2.15. The van der Waals surface area contributed by atoms with Crippen molar-refractivity contribution < 1.29 is 4.43 Å². The standard InChI is InChI=1S/C9H21NOSi/c1-8-5-9(6-8,7-10)11-12(2,3)4/h8H,5-7,10H2,1-4H3. The summed E-state index contributed by atoms with van der Waals surface area (Å²) < 4.78 is 6.09. The lowest BCUT2D eigenvalue weighted by atomic mass is 9.72. The Kier molecular flexibility index (Phi) is 2.66. The zero-order valence-corrected chi connectivity index (χ0v) is 9.68. The van der Waals surface area contributed by atoms with Crippen LogP contribution in [0.25, 0.3) is 0 Å². The molecule has 1 fully saturated rings. The molecule has 0 aromatic carbocycles. The maximum Gasteiger partial charge on any atom is 0.184 e. The molecule has 12 heavy (non-hydrogen) atoms. The predicted molar refractivity (Wildman–Crippen MR) is 54.6 cm³/mol. The van der Waals surface area contributed by atoms with Crippen LogP contribution < -0.4 is 5.73 Å². The summed E-state index contributed by atoms with van der Waals surface area (Å²) in [4.78, 5) is 0. The van der Waals surface area contributed by atoms with Crippen molar-refractivity contribution in [3.05, 3.63) is 0 Å². The Hall–Kier alpha value is 0.137. The molecule has 0 atom stereocenters. The van der Waals surface area contributed by atoms with Gasteiger partial charge in [-0.2, -0.15) is 0 Å². The number of rotatable bonds is 3. The highest BCUT2D eigenvalue weighted by Crippen LogP contribution is 2.41. The van der Waals surface area contributed by atoms with Crippen LogP contribution in [0.15, 0.2) is 0 Å². The average Bonchev–Trinajstić information content (AvgIpc) is 1.80. The molecule has 0 amide bonds. The van der Waals surface area contributed by atoms with Gasteiger partial charge in [0.05, 0.1) is 5.60 Å². The lowest BCUT2D eigenvalue weighted by Crippen LogP contribution is -2.55. The van der Waals surface area contributed by atoms with E-state index in [9.17, 15) is 0 Å². The van der Waals surface area contributed by atoms with Crippen molar-refractivity contribution in [2.45, 2.75) is 45.0 Å². The second-order valence-corrected chi connectivity index (χ2v) is 9.54. The van der Waals surface area contributed by atoms with Crippen molar-refractivity contribution in [1.29, 1.82) is 0 Å². The lowest BCUT2D eigenvalue weighted by Gasteiger charge is -2.49. The van der Waals surface area contributed by atoms with Crippen LogP contribution in [-0.2, 0) is 4.43 Å². The highest BCUT2D eigenvalue weighted by atomic mass is 28.4. The Labute approximate surface area is 76.6 Å². The van der Waals surface area contributed by atoms with Crippen LogP contribution in [0.2, 0.25) is 19.6 Å². The quantitative estimate of drug-likeness (QED) is 0.686. The first kappa shape index (κ1) is 10.2. The Bertz CT molecular complexity index is 158. The van der Waals surface area contributed by atoms with E-state index in [0.717, 1.165) is 18.8 Å². The van der Waals surface area contributed by atoms with Gasteiger partial charge in [-0.05, 0) is 38.4 Å². The molecule has 72 valence electrons. The molecular formula is C9H21NOSi. The van der Waals surface area contributed by atoms with Gasteiger partial charge in [-0.25, -0.2) is 0 Å². The van der Waals surface area contributed by atoms with Gasteiger partial charge in [0.15, 0.2) is 8.32 Å². The van der Waals surface area contributed by atoms with E-state index in [1.165, 1.54) is 0 Å². The molecule has 0 heterocycles. The zero-order chi connectivity index (χ0) is 9.41. The minimum absolute atomic E-state index is 0.0594. The van der Waals surface area contributed by atoms with E-state index in [1.54, 1.807) is 0 Å². The third kappa shape index (κ3) is 2.31. The van der Waals surface area contributed by atoms with E-state index in [0.29, 0.717) is 6.54 Å². The van der Waals surface area contributed by atoms with E-state index in [1.807, 2.05) is 0 Å². The molecule has 3 heteroatoms. The maximum absolute atomic E-state index is 6.09. The molecule has 1 rings (SSSR count). The predicted octanol–water partition coefficient (Wildman–Crippen LogP) is 1.97. The summed E-state index contributed by atoms with van der Waals surface area (Å²) in [6, 6.07) is 0. The molecule has 1 saturated carbocycles. The number of nitrogens with two attached hydrogens (primary N) is 1. The molecule has 0 radical (unpaired) electrons. The Morgan fingerprint density at radius 3 is 2.17 bits per heavy atom. The zero-order valence-electron chi connectivity index (χ0n) is 8.68. The molecule has 0 spiro atoms. The smallest absolute Gasteiger partial charge is 0.184 e. The van der Waals surface area contributed by atoms with Crippen molar-refractivity contribution in [1.82, 2.24) is 0 Å². The summed E-state index contributed by atoms with van der Waals surface area (Å²) in [5.74, 6) is 0.810. The van der Waals surface area contributed by atoms with E-state index in [4.69, 9.17) is 10.2 Å². The fourth-order valence-corrected chi connectivity index (χ4v) is 3.70. The van der Waals surface area contributed by atoms with E-state index < -0.39 is 8.32 Å². The molecule has 0 saturated heterocycles. The first-order valence-corrected chi connectivity index (χ1v) is 8.18. The average molecular weight is 187 g/mol. The van der Waals surface area contributed by atoms with Gasteiger partial charge in [0, 0.05) is 6.54 Å². The number of hydrogen-bond donors (Lipinski definition) is 1. The summed E-state index contributed by atoms with van der Waals surface area (Å²) in [6.07, 6.45) is 2.32. The number of hydrogen-bond acceptors (Lipinski definition) is 2. The summed E-state index contributed by atoms with van der Waals surface area (Å²) in [5.41, 5.74) is 5.79. The molecule has 2 nitrogen and oxygen atoms in total. The van der Waals surface area contributed by atoms with Gasteiger partial charge in [-0.3, -0.25) is 0 Å². The Morgan fingerprint density at radius 2 is 1.92 bits per heavy atom. The Morgan fingerprint density at radius 1 is 1.42 bits per heavy atom. The van der Waals surface area contributed by atoms with E-state index in [2.05, 4.69) is 26.6 Å². The van der Waals surface area contributed by atoms with Gasteiger partial charge < -0.3 is 10.2 Å². The van der Waals surface area contributed by atoms with E-state index in [-0.39, 0.29) is 5.60 Å². The van der Waals surface area contributed by atoms with Crippen molar-refractivity contribution in [3.63, 3.8) is 0 Å². The molecular weight excluding hydrogens is 166 g/mol. The van der Waals surface area contributed by atoms with Gasteiger partial charge in [-0.1, -0.05) is 6.92 Å². The molecule has 0 aliphatic heterocycles. The topological polar surface area (TPSA) is 35.2 Å². The third-order valence-electron chi connectivity index (χ3n) is 2.34. The van der Waals surface area contributed by atoms with Gasteiger partial charge >= 0.3 is 0 Å². The molecule has 2 N–H and O–H groups in total. The molecule has 1 aliphatic rings. The second-order valence-electron chi connectivity index (χ2n) is 5.11. The van der Waals surface area contributed by atoms with Crippen molar-refractivity contribution in [3.8, 4) is 0 Å². The van der Waals surface area contributed by atoms with Crippen LogP contribution in [0, 0.1) is 5.92 Å². The van der Waals surface area contributed by atoms with Crippen LogP contribution in [0.3, 0.4) is 0 Å². The normalized spacial score (nSPS) is 36.2. The molecule has 0 aromatic rings. The largest absolute Gasteiger partial charge is 0.411 e. The first-order valence-electron chi connectivity index (χ1n) is 4.77. The molecule has 0 bridgehead atoms. The molecule has 0 unspecified atom stereocenters. The highest BCUT2D eigenvalue weighted by molar-refractivity contribution is 6.69. The van der Waals surface area contributed by atoms with Crippen LogP contribution in [0.1, 0.15) is 19.8 Å². The monoisotopic (exact) mass is 187 g/mol. The maximum atomic E-state index is 6.09. The van der Waals surface area contributed by atoms with Crippen molar-refractivity contribution >= 4 is 8.32 Å². The van der Waals surface area contributed by atoms with Crippen LogP contribution >= 0.6 is 0 Å². The highest BCUT2D eigenvalue weighted by Gasteiger charge is 2.44. The summed E-state index contributed by atoms with van der Waals surface area (Å²) in [5, 5.41) is 0. The SMILES string of the molecule is CC1CC(CN)(O[Si](C)(C)C)C1. The Balaban J connectivity index is 2.48. The van der Waals surface area contributed by atoms with Gasteiger partial charge in [-0.15, -0.1) is 0 Å². The van der Waals surface area contributed by atoms with Gasteiger partial charge in [0.2, 0.25) is 0 Å². The third-order valence-corrected chi connectivity index (χ3v) is 3.38. The van der Waals surface area contributed by atoms with Crippen LogP contribution in [-0.4, -0.2) is 20.5 Å². The van der Waals surface area contributed by atoms with Crippen LogP contribution in [0.4, 0.5) is 0 Å². The summed E-state index contributed by atoms with van der Waals surface area (Å²) >= 11 is 0. The van der Waals surface area contributed by atoms with Crippen LogP contribution in [0.5, 0.6) is 0 Å². The molecule has 0 aromatic heterocycles. The minimum Gasteiger partial charge on any atom is -0.411 e. The molecule has 1 aliphatic carbocycles. The second kappa shape index (κ2) is 3.12. The fraction of sp³-hybridized carbons (Fsp3) is 1.00. The minimum atomic E-state index is -1.39. The van der Waals surface area contributed by atoms with E-state index >= 15 is 0 Å². The lowest BCUT2D eigenvalue weighted by molar-refractivity contribution is -0.0422.